The number of aromatic carboxylic acids is 1. The molecule has 5 heteroatoms. The highest BCUT2D eigenvalue weighted by Crippen LogP contribution is 2.09. The van der Waals surface area contributed by atoms with Gasteiger partial charge in [0.25, 0.3) is 0 Å². The predicted octanol–water partition coefficient (Wildman–Crippen LogP) is 1.81. The van der Waals surface area contributed by atoms with Crippen LogP contribution >= 0.6 is 0 Å². The van der Waals surface area contributed by atoms with Crippen molar-refractivity contribution in [1.29, 1.82) is 0 Å². The van der Waals surface area contributed by atoms with E-state index in [-0.39, 0.29) is 5.56 Å². The van der Waals surface area contributed by atoms with Crippen LogP contribution in [0.25, 0.3) is 0 Å². The van der Waals surface area contributed by atoms with E-state index in [1.807, 2.05) is 30.1 Å². The maximum absolute atomic E-state index is 11.1. The van der Waals surface area contributed by atoms with Crippen LogP contribution in [0.4, 0.5) is 0 Å². The van der Waals surface area contributed by atoms with Crippen LogP contribution in [0.5, 0.6) is 0 Å². The summed E-state index contributed by atoms with van der Waals surface area (Å²) in [5.74, 6) is -0.950. The Kier molecular flexibility index (Phi) is 4.20. The van der Waals surface area contributed by atoms with E-state index in [1.54, 1.807) is 24.5 Å². The van der Waals surface area contributed by atoms with Gasteiger partial charge >= 0.3 is 5.97 Å². The summed E-state index contributed by atoms with van der Waals surface area (Å²) in [6, 6.07) is 8.93. The summed E-state index contributed by atoms with van der Waals surface area (Å²) in [5, 5.41) is 9.10. The van der Waals surface area contributed by atoms with Crippen molar-refractivity contribution in [2.75, 3.05) is 7.05 Å². The van der Waals surface area contributed by atoms with Gasteiger partial charge in [0.2, 0.25) is 0 Å². The highest BCUT2D eigenvalue weighted by atomic mass is 16.4. The van der Waals surface area contributed by atoms with Crippen molar-refractivity contribution in [3.8, 4) is 0 Å². The van der Waals surface area contributed by atoms with Crippen LogP contribution in [-0.4, -0.2) is 33.0 Å². The van der Waals surface area contributed by atoms with Gasteiger partial charge in [0.15, 0.2) is 0 Å². The number of carbonyl (C=O) groups is 1. The lowest BCUT2D eigenvalue weighted by molar-refractivity contribution is 0.0694. The monoisotopic (exact) mass is 257 g/mol. The highest BCUT2D eigenvalue weighted by Gasteiger charge is 2.12. The van der Waals surface area contributed by atoms with Crippen molar-refractivity contribution in [2.45, 2.75) is 13.1 Å². The van der Waals surface area contributed by atoms with E-state index in [4.69, 9.17) is 5.11 Å². The Bertz CT molecular complexity index is 558. The van der Waals surface area contributed by atoms with Crippen molar-refractivity contribution in [3.63, 3.8) is 0 Å². The molecule has 0 spiro atoms. The zero-order valence-corrected chi connectivity index (χ0v) is 10.7. The predicted molar refractivity (Wildman–Crippen MR) is 70.6 cm³/mol. The second kappa shape index (κ2) is 6.06. The zero-order chi connectivity index (χ0) is 13.7. The molecule has 2 aromatic heterocycles. The number of nitrogens with zero attached hydrogens (tertiary/aromatic N) is 3. The van der Waals surface area contributed by atoms with E-state index in [9.17, 15) is 4.79 Å². The lowest BCUT2D eigenvalue weighted by Crippen LogP contribution is -2.20. The molecule has 2 heterocycles. The van der Waals surface area contributed by atoms with Gasteiger partial charge in [-0.1, -0.05) is 6.07 Å². The fraction of sp³-hybridized carbons (Fsp3) is 0.214. The first-order valence-corrected chi connectivity index (χ1v) is 5.92. The quantitative estimate of drug-likeness (QED) is 0.884. The van der Waals surface area contributed by atoms with Crippen LogP contribution < -0.4 is 0 Å². The van der Waals surface area contributed by atoms with Crippen molar-refractivity contribution >= 4 is 5.97 Å². The Morgan fingerprint density at radius 3 is 2.63 bits per heavy atom. The Balaban J connectivity index is 2.07. The minimum Gasteiger partial charge on any atom is -0.478 e. The number of rotatable bonds is 5. The molecule has 0 radical (unpaired) electrons. The average molecular weight is 257 g/mol. The third-order valence-corrected chi connectivity index (χ3v) is 2.70. The molecule has 5 nitrogen and oxygen atoms in total. The number of pyridine rings is 2. The Morgan fingerprint density at radius 1 is 1.16 bits per heavy atom. The van der Waals surface area contributed by atoms with E-state index >= 15 is 0 Å². The fourth-order valence-corrected chi connectivity index (χ4v) is 1.84. The van der Waals surface area contributed by atoms with Gasteiger partial charge in [0.05, 0.1) is 17.0 Å². The molecule has 98 valence electrons. The smallest absolute Gasteiger partial charge is 0.337 e. The lowest BCUT2D eigenvalue weighted by atomic mass is 10.2. The van der Waals surface area contributed by atoms with E-state index in [2.05, 4.69) is 9.97 Å². The normalized spacial score (nSPS) is 10.6. The van der Waals surface area contributed by atoms with Gasteiger partial charge in [0.1, 0.15) is 0 Å². The molecule has 19 heavy (non-hydrogen) atoms. The second-order valence-electron chi connectivity index (χ2n) is 4.30. The van der Waals surface area contributed by atoms with Gasteiger partial charge in [-0.15, -0.1) is 0 Å². The number of hydrogen-bond donors (Lipinski definition) is 1. The first-order chi connectivity index (χ1) is 9.16. The molecule has 2 aromatic rings. The minimum atomic E-state index is -0.950. The first-order valence-electron chi connectivity index (χ1n) is 5.92. The molecule has 1 N–H and O–H groups in total. The molecule has 0 aromatic carbocycles. The van der Waals surface area contributed by atoms with Crippen molar-refractivity contribution in [3.05, 3.63) is 59.7 Å². The summed E-state index contributed by atoms with van der Waals surface area (Å²) < 4.78 is 0. The summed E-state index contributed by atoms with van der Waals surface area (Å²) >= 11 is 0. The molecule has 0 unspecified atom stereocenters. The number of aromatic nitrogens is 2. The van der Waals surface area contributed by atoms with Crippen LogP contribution in [0.15, 0.2) is 42.7 Å². The lowest BCUT2D eigenvalue weighted by Gasteiger charge is -2.16. The van der Waals surface area contributed by atoms with Gasteiger partial charge < -0.3 is 5.11 Å². The summed E-state index contributed by atoms with van der Waals surface area (Å²) in [4.78, 5) is 21.5. The van der Waals surface area contributed by atoms with Crippen LogP contribution in [0.1, 0.15) is 21.7 Å². The molecular formula is C14H15N3O2. The molecule has 0 atom stereocenters. The molecule has 0 saturated carbocycles. The van der Waals surface area contributed by atoms with Crippen LogP contribution in [0, 0.1) is 0 Å². The summed E-state index contributed by atoms with van der Waals surface area (Å²) in [5.41, 5.74) is 1.75. The van der Waals surface area contributed by atoms with Crippen molar-refractivity contribution in [2.24, 2.45) is 0 Å². The maximum atomic E-state index is 11.1. The standard InChI is InChI=1S/C14H15N3O2/c1-17(9-11-5-2-3-7-15-11)10-13-12(14(18)19)6-4-8-16-13/h2-8H,9-10H2,1H3,(H,18,19). The topological polar surface area (TPSA) is 66.3 Å². The molecule has 0 bridgehead atoms. The third-order valence-electron chi connectivity index (χ3n) is 2.70. The second-order valence-corrected chi connectivity index (χ2v) is 4.30. The van der Waals surface area contributed by atoms with Gasteiger partial charge in [-0.25, -0.2) is 4.79 Å². The van der Waals surface area contributed by atoms with E-state index in [0.717, 1.165) is 5.69 Å². The number of carboxylic acid groups (broad SMARTS) is 1. The average Bonchev–Trinajstić information content (AvgIpc) is 2.40. The summed E-state index contributed by atoms with van der Waals surface area (Å²) in [6.07, 6.45) is 3.35. The van der Waals surface area contributed by atoms with E-state index < -0.39 is 5.97 Å². The summed E-state index contributed by atoms with van der Waals surface area (Å²) in [7, 11) is 1.91. The van der Waals surface area contributed by atoms with Gasteiger partial charge in [0, 0.05) is 25.5 Å². The molecule has 0 aliphatic heterocycles. The van der Waals surface area contributed by atoms with Gasteiger partial charge in [-0.3, -0.25) is 14.9 Å². The van der Waals surface area contributed by atoms with Crippen LogP contribution in [0.3, 0.4) is 0 Å². The molecule has 0 aliphatic carbocycles. The zero-order valence-electron chi connectivity index (χ0n) is 10.7. The van der Waals surface area contributed by atoms with E-state index in [1.165, 1.54) is 0 Å². The number of carboxylic acids is 1. The Hall–Kier alpha value is -2.27. The highest BCUT2D eigenvalue weighted by molar-refractivity contribution is 5.88. The minimum absolute atomic E-state index is 0.246. The number of hydrogen-bond acceptors (Lipinski definition) is 4. The van der Waals surface area contributed by atoms with Crippen LogP contribution in [0.2, 0.25) is 0 Å². The van der Waals surface area contributed by atoms with Crippen LogP contribution in [-0.2, 0) is 13.1 Å². The van der Waals surface area contributed by atoms with E-state index in [0.29, 0.717) is 18.8 Å². The third kappa shape index (κ3) is 3.59. The van der Waals surface area contributed by atoms with Gasteiger partial charge in [-0.2, -0.15) is 0 Å². The molecule has 0 amide bonds. The summed E-state index contributed by atoms with van der Waals surface area (Å²) in [6.45, 7) is 1.12. The Morgan fingerprint density at radius 2 is 1.95 bits per heavy atom. The van der Waals surface area contributed by atoms with Gasteiger partial charge in [-0.05, 0) is 31.3 Å². The molecule has 2 rings (SSSR count). The molecular weight excluding hydrogens is 242 g/mol. The molecule has 0 aliphatic rings. The largest absolute Gasteiger partial charge is 0.478 e. The van der Waals surface area contributed by atoms with Crippen molar-refractivity contribution in [1.82, 2.24) is 14.9 Å². The maximum Gasteiger partial charge on any atom is 0.337 e. The fourth-order valence-electron chi connectivity index (χ4n) is 1.84. The Labute approximate surface area is 111 Å². The molecule has 0 fully saturated rings. The first kappa shape index (κ1) is 13.2. The SMILES string of the molecule is CN(Cc1ccccn1)Cc1ncccc1C(=O)O. The van der Waals surface area contributed by atoms with Crippen molar-refractivity contribution < 1.29 is 9.90 Å². The molecule has 0 saturated heterocycles.